The van der Waals surface area contributed by atoms with E-state index in [4.69, 9.17) is 4.74 Å². The predicted octanol–water partition coefficient (Wildman–Crippen LogP) is 1.07. The van der Waals surface area contributed by atoms with Crippen LogP contribution in [0.3, 0.4) is 0 Å². The molecule has 5 nitrogen and oxygen atoms in total. The maximum atomic E-state index is 11.8. The van der Waals surface area contributed by atoms with Crippen LogP contribution in [0.25, 0.3) is 0 Å². The highest BCUT2D eigenvalue weighted by Crippen LogP contribution is 2.24. The first-order valence-corrected chi connectivity index (χ1v) is 5.99. The van der Waals surface area contributed by atoms with Crippen LogP contribution in [0.2, 0.25) is 0 Å². The minimum Gasteiger partial charge on any atom is -0.375 e. The molecule has 1 unspecified atom stereocenters. The van der Waals surface area contributed by atoms with Gasteiger partial charge >= 0.3 is 0 Å². The lowest BCUT2D eigenvalue weighted by Crippen LogP contribution is -2.41. The van der Waals surface area contributed by atoms with E-state index in [0.717, 1.165) is 37.4 Å². The van der Waals surface area contributed by atoms with E-state index in [1.54, 1.807) is 7.11 Å². The Bertz CT molecular complexity index is 389. The predicted molar refractivity (Wildman–Crippen MR) is 63.8 cm³/mol. The normalized spacial score (nSPS) is 20.6. The van der Waals surface area contributed by atoms with Gasteiger partial charge in [0.05, 0.1) is 0 Å². The van der Waals surface area contributed by atoms with Crippen molar-refractivity contribution in [3.8, 4) is 0 Å². The van der Waals surface area contributed by atoms with Gasteiger partial charge < -0.3 is 14.6 Å². The Morgan fingerprint density at radius 1 is 1.71 bits per heavy atom. The van der Waals surface area contributed by atoms with E-state index in [1.807, 2.05) is 18.0 Å². The fourth-order valence-electron chi connectivity index (χ4n) is 2.28. The third-order valence-electron chi connectivity index (χ3n) is 3.15. The summed E-state index contributed by atoms with van der Waals surface area (Å²) in [6.07, 6.45) is 3.95. The van der Waals surface area contributed by atoms with Crippen LogP contribution in [-0.2, 0) is 9.53 Å². The Balaban J connectivity index is 1.99. The first-order chi connectivity index (χ1) is 8.20. The van der Waals surface area contributed by atoms with E-state index in [2.05, 4.69) is 9.97 Å². The van der Waals surface area contributed by atoms with Crippen molar-refractivity contribution in [1.29, 1.82) is 0 Å². The van der Waals surface area contributed by atoms with Crippen molar-refractivity contribution in [2.24, 2.45) is 0 Å². The third kappa shape index (κ3) is 2.85. The molecule has 94 valence electrons. The highest BCUT2D eigenvalue weighted by atomic mass is 16.5. The molecule has 17 heavy (non-hydrogen) atoms. The molecule has 0 aliphatic carbocycles. The maximum Gasteiger partial charge on any atom is 0.248 e. The molecular weight excluding hydrogens is 218 g/mol. The Kier molecular flexibility index (Phi) is 3.78. The van der Waals surface area contributed by atoms with Crippen molar-refractivity contribution in [2.45, 2.75) is 25.7 Å². The Morgan fingerprint density at radius 3 is 3.18 bits per heavy atom. The number of aromatic nitrogens is 2. The van der Waals surface area contributed by atoms with E-state index >= 15 is 0 Å². The van der Waals surface area contributed by atoms with E-state index in [0.29, 0.717) is 5.92 Å². The number of amides is 1. The summed E-state index contributed by atoms with van der Waals surface area (Å²) < 4.78 is 4.89. The van der Waals surface area contributed by atoms with Crippen LogP contribution in [0, 0.1) is 6.92 Å². The summed E-state index contributed by atoms with van der Waals surface area (Å²) in [5, 5.41) is 0. The molecule has 0 bridgehead atoms. The zero-order valence-corrected chi connectivity index (χ0v) is 10.4. The minimum atomic E-state index is 0.0699. The molecule has 1 aliphatic heterocycles. The van der Waals surface area contributed by atoms with Crippen LogP contribution < -0.4 is 0 Å². The Hall–Kier alpha value is -1.36. The number of piperidine rings is 1. The minimum absolute atomic E-state index is 0.0699. The fraction of sp³-hybridized carbons (Fsp3) is 0.667. The fourth-order valence-corrected chi connectivity index (χ4v) is 2.28. The summed E-state index contributed by atoms with van der Waals surface area (Å²) in [6.45, 7) is 3.74. The van der Waals surface area contributed by atoms with Crippen molar-refractivity contribution in [2.75, 3.05) is 26.8 Å². The van der Waals surface area contributed by atoms with Gasteiger partial charge in [-0.3, -0.25) is 4.79 Å². The van der Waals surface area contributed by atoms with Gasteiger partial charge in [-0.1, -0.05) is 0 Å². The highest BCUT2D eigenvalue weighted by molar-refractivity contribution is 5.77. The van der Waals surface area contributed by atoms with Gasteiger partial charge in [-0.25, -0.2) is 4.98 Å². The molecule has 5 heteroatoms. The van der Waals surface area contributed by atoms with Crippen molar-refractivity contribution in [1.82, 2.24) is 14.9 Å². The van der Waals surface area contributed by atoms with Crippen LogP contribution in [0.1, 0.15) is 30.3 Å². The van der Waals surface area contributed by atoms with Crippen molar-refractivity contribution in [3.05, 3.63) is 17.7 Å². The molecule has 0 spiro atoms. The number of imidazole rings is 1. The van der Waals surface area contributed by atoms with Gasteiger partial charge in [0.25, 0.3) is 0 Å². The number of likely N-dealkylation sites (tertiary alicyclic amines) is 1. The van der Waals surface area contributed by atoms with Crippen molar-refractivity contribution < 1.29 is 9.53 Å². The van der Waals surface area contributed by atoms with Gasteiger partial charge in [-0.15, -0.1) is 0 Å². The van der Waals surface area contributed by atoms with E-state index in [-0.39, 0.29) is 12.5 Å². The monoisotopic (exact) mass is 237 g/mol. The number of hydrogen-bond donors (Lipinski definition) is 1. The van der Waals surface area contributed by atoms with Crippen molar-refractivity contribution in [3.63, 3.8) is 0 Å². The molecule has 0 saturated carbocycles. The van der Waals surface area contributed by atoms with Gasteiger partial charge in [0.2, 0.25) is 5.91 Å². The zero-order valence-electron chi connectivity index (χ0n) is 10.4. The number of rotatable bonds is 3. The molecule has 1 aromatic rings. The number of carbonyl (C=O) groups is 1. The lowest BCUT2D eigenvalue weighted by atomic mass is 9.97. The first-order valence-electron chi connectivity index (χ1n) is 5.99. The Labute approximate surface area is 101 Å². The van der Waals surface area contributed by atoms with Gasteiger partial charge in [0, 0.05) is 38.0 Å². The summed E-state index contributed by atoms with van der Waals surface area (Å²) in [6, 6.07) is 0. The molecule has 0 aromatic carbocycles. The maximum absolute atomic E-state index is 11.8. The summed E-state index contributed by atoms with van der Waals surface area (Å²) in [5.74, 6) is 1.40. The SMILES string of the molecule is COCC(=O)N1CCCC(c2ncc(C)[nH]2)C1. The average Bonchev–Trinajstić information content (AvgIpc) is 2.76. The molecular formula is C12H19N3O2. The second-order valence-electron chi connectivity index (χ2n) is 4.56. The smallest absolute Gasteiger partial charge is 0.248 e. The largest absolute Gasteiger partial charge is 0.375 e. The van der Waals surface area contributed by atoms with Crippen LogP contribution >= 0.6 is 0 Å². The topological polar surface area (TPSA) is 58.2 Å². The zero-order chi connectivity index (χ0) is 12.3. The Morgan fingerprint density at radius 2 is 2.53 bits per heavy atom. The third-order valence-corrected chi connectivity index (χ3v) is 3.15. The standard InChI is InChI=1S/C12H19N3O2/c1-9-6-13-12(14-9)10-4-3-5-15(7-10)11(16)8-17-2/h6,10H,3-5,7-8H2,1-2H3,(H,13,14). The summed E-state index contributed by atoms with van der Waals surface area (Å²) in [4.78, 5) is 21.2. The second kappa shape index (κ2) is 5.31. The molecule has 1 aliphatic rings. The van der Waals surface area contributed by atoms with E-state index in [1.165, 1.54) is 0 Å². The number of aromatic amines is 1. The quantitative estimate of drug-likeness (QED) is 0.855. The number of methoxy groups -OCH3 is 1. The summed E-state index contributed by atoms with van der Waals surface area (Å²) >= 11 is 0. The highest BCUT2D eigenvalue weighted by Gasteiger charge is 2.26. The molecule has 0 radical (unpaired) electrons. The van der Waals surface area contributed by atoms with Crippen LogP contribution in [0.15, 0.2) is 6.20 Å². The number of hydrogen-bond acceptors (Lipinski definition) is 3. The number of aryl methyl sites for hydroxylation is 1. The van der Waals surface area contributed by atoms with Crippen LogP contribution in [0.5, 0.6) is 0 Å². The lowest BCUT2D eigenvalue weighted by Gasteiger charge is -2.31. The van der Waals surface area contributed by atoms with Gasteiger partial charge in [-0.05, 0) is 19.8 Å². The molecule has 1 fully saturated rings. The van der Waals surface area contributed by atoms with Gasteiger partial charge in [0.15, 0.2) is 0 Å². The summed E-state index contributed by atoms with van der Waals surface area (Å²) in [7, 11) is 1.55. The van der Waals surface area contributed by atoms with Gasteiger partial charge in [-0.2, -0.15) is 0 Å². The number of nitrogens with zero attached hydrogens (tertiary/aromatic N) is 2. The molecule has 2 rings (SSSR count). The van der Waals surface area contributed by atoms with Crippen LogP contribution in [-0.4, -0.2) is 47.6 Å². The van der Waals surface area contributed by atoms with E-state index < -0.39 is 0 Å². The molecule has 1 amide bonds. The molecule has 1 saturated heterocycles. The lowest BCUT2D eigenvalue weighted by molar-refractivity contribution is -0.136. The number of ether oxygens (including phenoxy) is 1. The summed E-state index contributed by atoms with van der Waals surface area (Å²) in [5.41, 5.74) is 1.07. The van der Waals surface area contributed by atoms with Crippen LogP contribution in [0.4, 0.5) is 0 Å². The average molecular weight is 237 g/mol. The van der Waals surface area contributed by atoms with Crippen molar-refractivity contribution >= 4 is 5.91 Å². The molecule has 1 N–H and O–H groups in total. The molecule has 1 atom stereocenters. The molecule has 2 heterocycles. The number of nitrogens with one attached hydrogen (secondary N) is 1. The number of carbonyl (C=O) groups excluding carboxylic acids is 1. The van der Waals surface area contributed by atoms with E-state index in [9.17, 15) is 4.79 Å². The second-order valence-corrected chi connectivity index (χ2v) is 4.56. The van der Waals surface area contributed by atoms with Gasteiger partial charge in [0.1, 0.15) is 12.4 Å². The first kappa shape index (κ1) is 12.1. The molecule has 1 aromatic heterocycles. The number of H-pyrrole nitrogens is 1.